The van der Waals surface area contributed by atoms with Gasteiger partial charge in [0, 0.05) is 7.05 Å². The molecule has 4 nitrogen and oxygen atoms in total. The highest BCUT2D eigenvalue weighted by atomic mass is 32.1. The zero-order valence-corrected chi connectivity index (χ0v) is 11.2. The second kappa shape index (κ2) is 5.31. The van der Waals surface area contributed by atoms with Gasteiger partial charge < -0.3 is 10.0 Å². The molecule has 0 aliphatic carbocycles. The summed E-state index contributed by atoms with van der Waals surface area (Å²) in [4.78, 5) is 24.7. The lowest BCUT2D eigenvalue weighted by Gasteiger charge is -2.23. The van der Waals surface area contributed by atoms with Gasteiger partial charge in [-0.15, -0.1) is 11.3 Å². The normalized spacial score (nSPS) is 12.5. The summed E-state index contributed by atoms with van der Waals surface area (Å²) in [6.07, 6.45) is 0. The molecule has 0 saturated heterocycles. The molecule has 1 rings (SSSR count). The van der Waals surface area contributed by atoms with Crippen LogP contribution < -0.4 is 4.90 Å². The number of hydrogen-bond donors (Lipinski definition) is 1. The van der Waals surface area contributed by atoms with Crippen molar-refractivity contribution in [2.45, 2.75) is 20.8 Å². The van der Waals surface area contributed by atoms with E-state index in [-0.39, 0.29) is 11.8 Å². The van der Waals surface area contributed by atoms with E-state index in [1.54, 1.807) is 20.9 Å². The molecular formula is C12H17NO3S. The van der Waals surface area contributed by atoms with E-state index in [4.69, 9.17) is 5.11 Å². The lowest BCUT2D eigenvalue weighted by molar-refractivity contribution is -0.147. The highest BCUT2D eigenvalue weighted by molar-refractivity contribution is 7.14. The summed E-state index contributed by atoms with van der Waals surface area (Å²) in [5, 5.41) is 11.8. The van der Waals surface area contributed by atoms with Gasteiger partial charge in [0.1, 0.15) is 10.9 Å². The fourth-order valence-electron chi connectivity index (χ4n) is 1.69. The number of thiophene rings is 1. The predicted octanol–water partition coefficient (Wildman–Crippen LogP) is 2.38. The van der Waals surface area contributed by atoms with Crippen molar-refractivity contribution in [2.24, 2.45) is 11.8 Å². The summed E-state index contributed by atoms with van der Waals surface area (Å²) in [7, 11) is 1.62. The van der Waals surface area contributed by atoms with E-state index in [1.807, 2.05) is 18.4 Å². The zero-order chi connectivity index (χ0) is 13.2. The van der Waals surface area contributed by atoms with Gasteiger partial charge in [0.15, 0.2) is 0 Å². The Morgan fingerprint density at radius 1 is 1.41 bits per heavy atom. The molecule has 0 radical (unpaired) electrons. The predicted molar refractivity (Wildman–Crippen MR) is 68.4 cm³/mol. The quantitative estimate of drug-likeness (QED) is 0.840. The molecule has 94 valence electrons. The number of aliphatic carboxylic acids is 1. The molecule has 0 aromatic carbocycles. The number of carboxylic acids is 1. The van der Waals surface area contributed by atoms with E-state index in [0.29, 0.717) is 0 Å². The van der Waals surface area contributed by atoms with E-state index in [2.05, 4.69) is 0 Å². The molecule has 0 fully saturated rings. The number of amides is 1. The van der Waals surface area contributed by atoms with Gasteiger partial charge in [-0.05, 0) is 29.9 Å². The molecule has 1 N–H and O–H groups in total. The van der Waals surface area contributed by atoms with E-state index in [9.17, 15) is 9.59 Å². The zero-order valence-electron chi connectivity index (χ0n) is 10.4. The van der Waals surface area contributed by atoms with E-state index in [0.717, 1.165) is 10.6 Å². The van der Waals surface area contributed by atoms with Crippen LogP contribution in [0.1, 0.15) is 19.4 Å². The maximum atomic E-state index is 12.1. The van der Waals surface area contributed by atoms with Crippen molar-refractivity contribution in [3.05, 3.63) is 17.0 Å². The number of carbonyl (C=O) groups is 2. The third kappa shape index (κ3) is 2.85. The lowest BCUT2D eigenvalue weighted by Crippen LogP contribution is -2.39. The number of rotatable bonds is 4. The van der Waals surface area contributed by atoms with Gasteiger partial charge in [0.25, 0.3) is 0 Å². The Morgan fingerprint density at radius 3 is 2.35 bits per heavy atom. The first-order chi connectivity index (χ1) is 7.86. The summed E-state index contributed by atoms with van der Waals surface area (Å²) in [5.41, 5.74) is 0.985. The molecule has 0 aliphatic heterocycles. The SMILES string of the molecule is Cc1ccsc1N(C)C(=O)C(C(=O)O)C(C)C. The van der Waals surface area contributed by atoms with Crippen LogP contribution >= 0.6 is 11.3 Å². The van der Waals surface area contributed by atoms with Gasteiger partial charge in [-0.2, -0.15) is 0 Å². The highest BCUT2D eigenvalue weighted by Crippen LogP contribution is 2.28. The molecule has 17 heavy (non-hydrogen) atoms. The summed E-state index contributed by atoms with van der Waals surface area (Å²) in [5.74, 6) is -2.63. The fraction of sp³-hybridized carbons (Fsp3) is 0.500. The van der Waals surface area contributed by atoms with E-state index in [1.165, 1.54) is 16.2 Å². The largest absolute Gasteiger partial charge is 0.481 e. The van der Waals surface area contributed by atoms with Gasteiger partial charge >= 0.3 is 5.97 Å². The van der Waals surface area contributed by atoms with Crippen molar-refractivity contribution >= 4 is 28.2 Å². The van der Waals surface area contributed by atoms with Crippen LogP contribution in [0.25, 0.3) is 0 Å². The van der Waals surface area contributed by atoms with Crippen molar-refractivity contribution in [3.63, 3.8) is 0 Å². The monoisotopic (exact) mass is 255 g/mol. The molecule has 0 spiro atoms. The number of carbonyl (C=O) groups excluding carboxylic acids is 1. The Balaban J connectivity index is 2.96. The van der Waals surface area contributed by atoms with Crippen LogP contribution in [0.2, 0.25) is 0 Å². The summed E-state index contributed by atoms with van der Waals surface area (Å²) in [6, 6.07) is 1.91. The van der Waals surface area contributed by atoms with Crippen molar-refractivity contribution in [3.8, 4) is 0 Å². The molecule has 0 bridgehead atoms. The topological polar surface area (TPSA) is 57.6 Å². The van der Waals surface area contributed by atoms with Crippen molar-refractivity contribution < 1.29 is 14.7 Å². The van der Waals surface area contributed by atoms with Gasteiger partial charge in [0.05, 0.1) is 0 Å². The molecule has 1 heterocycles. The first-order valence-electron chi connectivity index (χ1n) is 5.40. The highest BCUT2D eigenvalue weighted by Gasteiger charge is 2.33. The Hall–Kier alpha value is -1.36. The second-order valence-electron chi connectivity index (χ2n) is 4.37. The Morgan fingerprint density at radius 2 is 2.00 bits per heavy atom. The van der Waals surface area contributed by atoms with Gasteiger partial charge in [-0.3, -0.25) is 9.59 Å². The summed E-state index contributed by atoms with van der Waals surface area (Å²) < 4.78 is 0. The number of anilines is 1. The van der Waals surface area contributed by atoms with Crippen LogP contribution in [-0.4, -0.2) is 24.0 Å². The van der Waals surface area contributed by atoms with Crippen LogP contribution in [0.4, 0.5) is 5.00 Å². The van der Waals surface area contributed by atoms with Gasteiger partial charge in [0.2, 0.25) is 5.91 Å². The number of aryl methyl sites for hydroxylation is 1. The minimum absolute atomic E-state index is 0.220. The Labute approximate surface area is 105 Å². The third-order valence-corrected chi connectivity index (χ3v) is 3.76. The molecular weight excluding hydrogens is 238 g/mol. The second-order valence-corrected chi connectivity index (χ2v) is 5.26. The van der Waals surface area contributed by atoms with Crippen LogP contribution in [0, 0.1) is 18.8 Å². The van der Waals surface area contributed by atoms with Crippen molar-refractivity contribution in [2.75, 3.05) is 11.9 Å². The molecule has 5 heteroatoms. The Kier molecular flexibility index (Phi) is 4.28. The third-order valence-electron chi connectivity index (χ3n) is 2.67. The van der Waals surface area contributed by atoms with Crippen molar-refractivity contribution in [1.82, 2.24) is 0 Å². The lowest BCUT2D eigenvalue weighted by atomic mass is 9.94. The first kappa shape index (κ1) is 13.7. The maximum Gasteiger partial charge on any atom is 0.316 e. The smallest absolute Gasteiger partial charge is 0.316 e. The van der Waals surface area contributed by atoms with E-state index >= 15 is 0 Å². The molecule has 1 atom stereocenters. The maximum absolute atomic E-state index is 12.1. The molecule has 1 aromatic rings. The Bertz CT molecular complexity index is 425. The average Bonchev–Trinajstić information content (AvgIpc) is 2.62. The average molecular weight is 255 g/mol. The standard InChI is InChI=1S/C12H17NO3S/c1-7(2)9(12(15)16)10(14)13(4)11-8(3)5-6-17-11/h5-7,9H,1-4H3,(H,15,16). The molecule has 0 saturated carbocycles. The van der Waals surface area contributed by atoms with Gasteiger partial charge in [-0.25, -0.2) is 0 Å². The van der Waals surface area contributed by atoms with E-state index < -0.39 is 11.9 Å². The fourth-order valence-corrected chi connectivity index (χ4v) is 2.60. The molecule has 0 aliphatic rings. The molecule has 1 aromatic heterocycles. The molecule has 1 amide bonds. The first-order valence-corrected chi connectivity index (χ1v) is 6.28. The van der Waals surface area contributed by atoms with Crippen LogP contribution in [0.3, 0.4) is 0 Å². The van der Waals surface area contributed by atoms with Crippen LogP contribution in [0.5, 0.6) is 0 Å². The summed E-state index contributed by atoms with van der Waals surface area (Å²) >= 11 is 1.44. The molecule has 1 unspecified atom stereocenters. The minimum Gasteiger partial charge on any atom is -0.481 e. The number of hydrogen-bond acceptors (Lipinski definition) is 3. The minimum atomic E-state index is -1.06. The van der Waals surface area contributed by atoms with Gasteiger partial charge in [-0.1, -0.05) is 13.8 Å². The number of nitrogens with zero attached hydrogens (tertiary/aromatic N) is 1. The van der Waals surface area contributed by atoms with Crippen molar-refractivity contribution in [1.29, 1.82) is 0 Å². The number of carboxylic acid groups (broad SMARTS) is 1. The van der Waals surface area contributed by atoms with Crippen LogP contribution in [0.15, 0.2) is 11.4 Å². The van der Waals surface area contributed by atoms with Crippen LogP contribution in [-0.2, 0) is 9.59 Å². The summed E-state index contributed by atoms with van der Waals surface area (Å²) in [6.45, 7) is 5.39.